The normalized spacial score (nSPS) is 12.2. The predicted molar refractivity (Wildman–Crippen MR) is 181 cm³/mol. The van der Waals surface area contributed by atoms with Crippen LogP contribution in [-0.2, 0) is 32.3 Å². The minimum atomic E-state index is -0.445. The molecule has 0 radical (unpaired) electrons. The van der Waals surface area contributed by atoms with Gasteiger partial charge in [0.1, 0.15) is 12.4 Å². The number of nitrogens with zero attached hydrogens (tertiary/aromatic N) is 2. The summed E-state index contributed by atoms with van der Waals surface area (Å²) in [4.78, 5) is 26.8. The number of carbonyl (C=O) groups excluding carboxylic acids is 2. The Hall–Kier alpha value is -4.86. The number of hydrogen-bond acceptors (Lipinski definition) is 8. The van der Waals surface area contributed by atoms with E-state index in [2.05, 4.69) is 25.1 Å². The number of aryl methyl sites for hydroxylation is 1. The zero-order valence-electron chi connectivity index (χ0n) is 27.2. The third-order valence-corrected chi connectivity index (χ3v) is 8.50. The number of nitrogens with two attached hydrogens (primary N) is 2. The van der Waals surface area contributed by atoms with E-state index >= 15 is 0 Å². The van der Waals surface area contributed by atoms with E-state index in [0.29, 0.717) is 31.1 Å². The molecule has 0 unspecified atom stereocenters. The van der Waals surface area contributed by atoms with Crippen molar-refractivity contribution in [2.75, 3.05) is 38.6 Å². The van der Waals surface area contributed by atoms with E-state index in [9.17, 15) is 9.59 Å². The molecule has 4 aromatic carbocycles. The Balaban J connectivity index is 1.66. The second-order valence-electron chi connectivity index (χ2n) is 11.5. The molecule has 46 heavy (non-hydrogen) atoms. The Morgan fingerprint density at radius 3 is 2.28 bits per heavy atom. The van der Waals surface area contributed by atoms with Crippen molar-refractivity contribution in [3.8, 4) is 5.75 Å². The average Bonchev–Trinajstić information content (AvgIpc) is 3.06. The highest BCUT2D eigenvalue weighted by atomic mass is 16.5. The van der Waals surface area contributed by atoms with Crippen LogP contribution in [0.1, 0.15) is 57.3 Å². The molecule has 0 saturated heterocycles. The molecule has 242 valence electrons. The summed E-state index contributed by atoms with van der Waals surface area (Å²) in [5.41, 5.74) is 14.6. The van der Waals surface area contributed by atoms with E-state index in [-0.39, 0.29) is 24.9 Å². The highest BCUT2D eigenvalue weighted by molar-refractivity contribution is 5.79. The van der Waals surface area contributed by atoms with Crippen LogP contribution >= 0.6 is 0 Å². The van der Waals surface area contributed by atoms with Crippen molar-refractivity contribution in [2.24, 2.45) is 5.84 Å². The first-order chi connectivity index (χ1) is 22.1. The summed E-state index contributed by atoms with van der Waals surface area (Å²) in [6.45, 7) is 5.32. The van der Waals surface area contributed by atoms with Crippen molar-refractivity contribution in [3.05, 3.63) is 124 Å². The Morgan fingerprint density at radius 1 is 0.913 bits per heavy atom. The summed E-state index contributed by atoms with van der Waals surface area (Å²) >= 11 is 0. The molecule has 0 fully saturated rings. The minimum absolute atomic E-state index is 0.0458. The van der Waals surface area contributed by atoms with Crippen molar-refractivity contribution < 1.29 is 23.8 Å². The fraction of sp³-hybridized carbons (Fsp3) is 0.297. The second-order valence-corrected chi connectivity index (χ2v) is 11.5. The molecule has 0 heterocycles. The van der Waals surface area contributed by atoms with Gasteiger partial charge in [0.05, 0.1) is 37.7 Å². The molecular formula is C37H44N4O5. The van der Waals surface area contributed by atoms with Gasteiger partial charge in [-0.1, -0.05) is 66.7 Å². The zero-order valence-corrected chi connectivity index (χ0v) is 27.2. The fourth-order valence-corrected chi connectivity index (χ4v) is 5.62. The zero-order chi connectivity index (χ0) is 33.2. The first kappa shape index (κ1) is 34.0. The lowest BCUT2D eigenvalue weighted by atomic mass is 9.83. The standard InChI is InChI=1S/C37H44N4O5/c1-25-11-14-29(19-30(25)22-45-21-27-12-15-31(44-5)16-13-27)33(32-17-18-34(41(4)39)37(38)26(32)2)20-36(43)40(3)35(23-46-24-42)28-9-7-6-8-10-28/h6-19,24,33,35H,20-23,38-39H2,1-5H3/t33-,35-/m1/s1. The largest absolute Gasteiger partial charge is 0.497 e. The van der Waals surface area contributed by atoms with Crippen molar-refractivity contribution in [1.29, 1.82) is 0 Å². The SMILES string of the molecule is COc1ccc(COCc2cc([C@@H](CC(=O)N(C)[C@H](COC=O)c3ccccc3)c3ccc(N(C)N)c(N)c3C)ccc2C)cc1. The van der Waals surface area contributed by atoms with Gasteiger partial charge in [-0.15, -0.1) is 0 Å². The number of ether oxygens (including phenoxy) is 3. The van der Waals surface area contributed by atoms with Gasteiger partial charge in [0, 0.05) is 26.4 Å². The Kier molecular flexibility index (Phi) is 11.8. The highest BCUT2D eigenvalue weighted by Crippen LogP contribution is 2.38. The Bertz CT molecular complexity index is 1610. The van der Waals surface area contributed by atoms with Gasteiger partial charge in [0.25, 0.3) is 6.47 Å². The number of hydrogen-bond donors (Lipinski definition) is 2. The first-order valence-corrected chi connectivity index (χ1v) is 15.2. The molecule has 9 heteroatoms. The quantitative estimate of drug-likeness (QED) is 0.0736. The topological polar surface area (TPSA) is 120 Å². The van der Waals surface area contributed by atoms with Crippen molar-refractivity contribution in [3.63, 3.8) is 0 Å². The molecule has 0 aromatic heterocycles. The lowest BCUT2D eigenvalue weighted by Gasteiger charge is -2.30. The molecule has 0 aliphatic carbocycles. The molecule has 1 amide bonds. The number of rotatable bonds is 15. The second kappa shape index (κ2) is 15.9. The molecule has 4 aromatic rings. The molecule has 9 nitrogen and oxygen atoms in total. The molecule has 4 rings (SSSR count). The molecule has 4 N–H and O–H groups in total. The van der Waals surface area contributed by atoms with Crippen molar-refractivity contribution >= 4 is 23.8 Å². The van der Waals surface area contributed by atoms with Crippen molar-refractivity contribution in [2.45, 2.75) is 45.4 Å². The van der Waals surface area contributed by atoms with Gasteiger partial charge in [0.2, 0.25) is 5.91 Å². The molecule has 0 saturated carbocycles. The van der Waals surface area contributed by atoms with Gasteiger partial charge < -0.3 is 29.9 Å². The van der Waals surface area contributed by atoms with Gasteiger partial charge in [-0.25, -0.2) is 5.84 Å². The summed E-state index contributed by atoms with van der Waals surface area (Å²) in [5, 5.41) is 1.49. The van der Waals surface area contributed by atoms with Gasteiger partial charge in [-0.2, -0.15) is 0 Å². The minimum Gasteiger partial charge on any atom is -0.497 e. The number of nitrogen functional groups attached to an aromatic ring is 1. The average molecular weight is 625 g/mol. The third kappa shape index (κ3) is 8.24. The highest BCUT2D eigenvalue weighted by Gasteiger charge is 2.28. The Labute approximate surface area is 271 Å². The molecule has 0 bridgehead atoms. The van der Waals surface area contributed by atoms with Crippen LogP contribution in [0.4, 0.5) is 11.4 Å². The maximum absolute atomic E-state index is 14.1. The van der Waals surface area contributed by atoms with Crippen LogP contribution in [0.25, 0.3) is 0 Å². The lowest BCUT2D eigenvalue weighted by Crippen LogP contribution is -2.35. The number of benzene rings is 4. The molecule has 0 aliphatic rings. The maximum Gasteiger partial charge on any atom is 0.293 e. The van der Waals surface area contributed by atoms with Crippen LogP contribution in [0.5, 0.6) is 5.75 Å². The van der Waals surface area contributed by atoms with E-state index in [1.807, 2.05) is 73.7 Å². The van der Waals surface area contributed by atoms with E-state index in [1.165, 1.54) is 5.01 Å². The summed E-state index contributed by atoms with van der Waals surface area (Å²) in [7, 11) is 5.13. The Morgan fingerprint density at radius 2 is 1.63 bits per heavy atom. The van der Waals surface area contributed by atoms with Gasteiger partial charge in [0.15, 0.2) is 0 Å². The predicted octanol–water partition coefficient (Wildman–Crippen LogP) is 5.82. The number of anilines is 2. The number of carbonyl (C=O) groups is 2. The maximum atomic E-state index is 14.1. The van der Waals surface area contributed by atoms with Gasteiger partial charge in [-0.05, 0) is 71.0 Å². The smallest absolute Gasteiger partial charge is 0.293 e. The van der Waals surface area contributed by atoms with Gasteiger partial charge in [-0.3, -0.25) is 9.59 Å². The molecule has 2 atom stereocenters. The summed E-state index contributed by atoms with van der Waals surface area (Å²) < 4.78 is 16.5. The van der Waals surface area contributed by atoms with E-state index in [4.69, 9.17) is 25.8 Å². The van der Waals surface area contributed by atoms with E-state index < -0.39 is 6.04 Å². The van der Waals surface area contributed by atoms with Crippen LogP contribution in [0, 0.1) is 13.8 Å². The molecular weight excluding hydrogens is 580 g/mol. The molecule has 0 spiro atoms. The lowest BCUT2D eigenvalue weighted by molar-refractivity contribution is -0.138. The van der Waals surface area contributed by atoms with Crippen LogP contribution < -0.4 is 21.3 Å². The van der Waals surface area contributed by atoms with Crippen LogP contribution in [-0.4, -0.2) is 45.1 Å². The number of hydrazine groups is 1. The van der Waals surface area contributed by atoms with Crippen LogP contribution in [0.3, 0.4) is 0 Å². The van der Waals surface area contributed by atoms with Crippen LogP contribution in [0.2, 0.25) is 0 Å². The van der Waals surface area contributed by atoms with Gasteiger partial charge >= 0.3 is 0 Å². The number of amides is 1. The van der Waals surface area contributed by atoms with Crippen molar-refractivity contribution in [1.82, 2.24) is 4.90 Å². The van der Waals surface area contributed by atoms with E-state index in [0.717, 1.165) is 44.7 Å². The summed E-state index contributed by atoms with van der Waals surface area (Å²) in [6.07, 6.45) is 0.161. The third-order valence-electron chi connectivity index (χ3n) is 8.50. The van der Waals surface area contributed by atoms with E-state index in [1.54, 1.807) is 26.1 Å². The summed E-state index contributed by atoms with van der Waals surface area (Å²) in [6, 6.07) is 27.0. The van der Waals surface area contributed by atoms with Crippen LogP contribution in [0.15, 0.2) is 84.9 Å². The molecule has 0 aliphatic heterocycles. The monoisotopic (exact) mass is 624 g/mol. The summed E-state index contributed by atoms with van der Waals surface area (Å²) in [5.74, 6) is 6.42. The first-order valence-electron chi connectivity index (χ1n) is 15.2. The fourth-order valence-electron chi connectivity index (χ4n) is 5.62. The number of methoxy groups -OCH3 is 1. The number of likely N-dealkylation sites (N-methyl/N-ethyl adjacent to an activating group) is 1.